The summed E-state index contributed by atoms with van der Waals surface area (Å²) in [5.41, 5.74) is 21.8. The fourth-order valence-corrected chi connectivity index (χ4v) is 5.31. The van der Waals surface area contributed by atoms with Crippen LogP contribution in [0.4, 0.5) is 0 Å². The van der Waals surface area contributed by atoms with E-state index in [2.05, 4.69) is 20.9 Å². The zero-order valence-electron chi connectivity index (χ0n) is 24.8. The monoisotopic (exact) mass is 626 g/mol. The van der Waals surface area contributed by atoms with Gasteiger partial charge in [-0.05, 0) is 51.5 Å². The maximum Gasteiger partial charge on any atom is 0.322 e. The summed E-state index contributed by atoms with van der Waals surface area (Å²) in [6, 6.07) is -4.16. The molecule has 44 heavy (non-hydrogen) atoms. The molecule has 2 saturated heterocycles. The average Bonchev–Trinajstić information content (AvgIpc) is 3.63. The Bertz CT molecular complexity index is 1070. The molecule has 2 rings (SSSR count). The summed E-state index contributed by atoms with van der Waals surface area (Å²) in [5, 5.41) is 26.6. The summed E-state index contributed by atoms with van der Waals surface area (Å²) in [7, 11) is 0. The lowest BCUT2D eigenvalue weighted by Crippen LogP contribution is -2.58. The number of aliphatic carboxylic acids is 1. The normalized spacial score (nSPS) is 20.8. The van der Waals surface area contributed by atoms with Gasteiger partial charge in [-0.1, -0.05) is 0 Å². The molecule has 18 nitrogen and oxygen atoms in total. The van der Waals surface area contributed by atoms with Gasteiger partial charge in [-0.3, -0.25) is 33.8 Å². The standard InChI is InChI=1S/C26H46N10O8/c27-8-2-1-5-16(33-20(38)12-28)22(41)34-17(6-3-9-31-26(29)30)24(43)35-10-4-7-18(35)25(44)36-14-15(37)11-19(36)23(42)32-13-21(39)40/h15-19,37H,1-14,27-28H2,(H,32,42)(H,33,38)(H,34,41)(H,39,40)(H4,29,30,31)/t15-,16+,17+,18+,19+/m1/s1. The average molecular weight is 627 g/mol. The van der Waals surface area contributed by atoms with Gasteiger partial charge in [0.15, 0.2) is 5.96 Å². The molecule has 0 spiro atoms. The lowest BCUT2D eigenvalue weighted by atomic mass is 10.0. The third-order valence-electron chi connectivity index (χ3n) is 7.44. The van der Waals surface area contributed by atoms with E-state index < -0.39 is 72.3 Å². The first-order valence-electron chi connectivity index (χ1n) is 14.7. The van der Waals surface area contributed by atoms with Crippen LogP contribution in [-0.4, -0.2) is 131 Å². The maximum atomic E-state index is 13.9. The van der Waals surface area contributed by atoms with Crippen molar-refractivity contribution < 1.29 is 39.0 Å². The minimum Gasteiger partial charge on any atom is -0.480 e. The van der Waals surface area contributed by atoms with Crippen LogP contribution >= 0.6 is 0 Å². The van der Waals surface area contributed by atoms with Gasteiger partial charge in [-0.15, -0.1) is 0 Å². The van der Waals surface area contributed by atoms with Gasteiger partial charge in [0.1, 0.15) is 30.7 Å². The summed E-state index contributed by atoms with van der Waals surface area (Å²) < 4.78 is 0. The zero-order chi connectivity index (χ0) is 32.8. The fourth-order valence-electron chi connectivity index (χ4n) is 5.31. The molecule has 2 heterocycles. The molecule has 2 fully saturated rings. The van der Waals surface area contributed by atoms with Gasteiger partial charge >= 0.3 is 5.97 Å². The topological polar surface area (TPSA) is 302 Å². The molecule has 13 N–H and O–H groups in total. The molecule has 248 valence electrons. The highest BCUT2D eigenvalue weighted by Crippen LogP contribution is 2.26. The Morgan fingerprint density at radius 3 is 2.27 bits per heavy atom. The second-order valence-corrected chi connectivity index (χ2v) is 10.8. The predicted molar refractivity (Wildman–Crippen MR) is 157 cm³/mol. The van der Waals surface area contributed by atoms with E-state index in [1.165, 1.54) is 9.80 Å². The Morgan fingerprint density at radius 1 is 0.932 bits per heavy atom. The van der Waals surface area contributed by atoms with Crippen molar-refractivity contribution in [2.45, 2.75) is 81.6 Å². The first-order valence-corrected chi connectivity index (χ1v) is 14.7. The number of amides is 5. The number of guanidine groups is 1. The maximum absolute atomic E-state index is 13.9. The highest BCUT2D eigenvalue weighted by atomic mass is 16.4. The summed E-state index contributed by atoms with van der Waals surface area (Å²) in [6.07, 6.45) is 1.49. The molecule has 0 radical (unpaired) electrons. The van der Waals surface area contributed by atoms with Crippen LogP contribution in [0.5, 0.6) is 0 Å². The van der Waals surface area contributed by atoms with E-state index in [1.54, 1.807) is 0 Å². The first-order chi connectivity index (χ1) is 20.9. The number of β-amino-alcohol motifs (C(OH)–C–C–N with tert-alkyl or cyclic N) is 1. The third kappa shape index (κ3) is 10.9. The SMILES string of the molecule is NCCCC[C@H](NC(=O)CN)C(=O)N[C@@H](CCCN=C(N)N)C(=O)N1CCC[C@H]1C(=O)N1C[C@H](O)C[C@H]1C(=O)NCC(=O)O. The number of carbonyl (C=O) groups excluding carboxylic acids is 5. The summed E-state index contributed by atoms with van der Waals surface area (Å²) in [5.74, 6) is -4.39. The molecule has 0 bridgehead atoms. The summed E-state index contributed by atoms with van der Waals surface area (Å²) >= 11 is 0. The van der Waals surface area contributed by atoms with E-state index in [1.807, 2.05) is 0 Å². The highest BCUT2D eigenvalue weighted by molar-refractivity contribution is 5.96. The molecule has 5 amide bonds. The molecule has 2 aliphatic heterocycles. The second kappa shape index (κ2) is 17.9. The van der Waals surface area contributed by atoms with Crippen molar-refractivity contribution in [3.05, 3.63) is 0 Å². The summed E-state index contributed by atoms with van der Waals surface area (Å²) in [4.78, 5) is 82.9. The molecule has 0 aromatic carbocycles. The molecule has 5 atom stereocenters. The van der Waals surface area contributed by atoms with Crippen LogP contribution in [0.15, 0.2) is 4.99 Å². The van der Waals surface area contributed by atoms with Crippen LogP contribution in [0.3, 0.4) is 0 Å². The van der Waals surface area contributed by atoms with Crippen molar-refractivity contribution >= 4 is 41.5 Å². The lowest BCUT2D eigenvalue weighted by Gasteiger charge is -2.33. The Morgan fingerprint density at radius 2 is 1.64 bits per heavy atom. The van der Waals surface area contributed by atoms with Crippen molar-refractivity contribution in [2.75, 3.05) is 39.3 Å². The van der Waals surface area contributed by atoms with Crippen molar-refractivity contribution in [3.63, 3.8) is 0 Å². The Kier molecular flexibility index (Phi) is 14.7. The Balaban J connectivity index is 2.25. The smallest absolute Gasteiger partial charge is 0.322 e. The zero-order valence-corrected chi connectivity index (χ0v) is 24.8. The fraction of sp³-hybridized carbons (Fsp3) is 0.731. The quantitative estimate of drug-likeness (QED) is 0.0418. The van der Waals surface area contributed by atoms with E-state index in [-0.39, 0.29) is 57.8 Å². The molecule has 0 aliphatic carbocycles. The van der Waals surface area contributed by atoms with Crippen LogP contribution < -0.4 is 38.9 Å². The number of aliphatic hydroxyl groups excluding tert-OH is 1. The van der Waals surface area contributed by atoms with Crippen molar-refractivity contribution in [1.29, 1.82) is 0 Å². The molecule has 18 heteroatoms. The molecule has 0 saturated carbocycles. The number of nitrogens with two attached hydrogens (primary N) is 4. The largest absolute Gasteiger partial charge is 0.480 e. The van der Waals surface area contributed by atoms with Gasteiger partial charge in [0.2, 0.25) is 29.5 Å². The number of carboxylic acids is 1. The number of likely N-dealkylation sites (tertiary alicyclic amines) is 2. The number of hydrogen-bond donors (Lipinski definition) is 9. The lowest BCUT2D eigenvalue weighted by molar-refractivity contribution is -0.148. The molecular formula is C26H46N10O8. The number of nitrogens with zero attached hydrogens (tertiary/aromatic N) is 3. The van der Waals surface area contributed by atoms with Crippen LogP contribution in [0, 0.1) is 0 Å². The highest BCUT2D eigenvalue weighted by Gasteiger charge is 2.45. The van der Waals surface area contributed by atoms with Gasteiger partial charge in [0.05, 0.1) is 12.6 Å². The van der Waals surface area contributed by atoms with Gasteiger partial charge in [-0.25, -0.2) is 0 Å². The molecule has 0 aromatic heterocycles. The molecule has 0 unspecified atom stereocenters. The van der Waals surface area contributed by atoms with Gasteiger partial charge in [-0.2, -0.15) is 0 Å². The summed E-state index contributed by atoms with van der Waals surface area (Å²) in [6.45, 7) is -0.377. The van der Waals surface area contributed by atoms with Crippen molar-refractivity contribution in [2.24, 2.45) is 27.9 Å². The minimum absolute atomic E-state index is 0.0819. The molecule has 2 aliphatic rings. The van der Waals surface area contributed by atoms with Crippen LogP contribution in [0.1, 0.15) is 51.4 Å². The minimum atomic E-state index is -1.26. The number of hydrogen-bond acceptors (Lipinski definition) is 10. The van der Waals surface area contributed by atoms with Gasteiger partial charge in [0, 0.05) is 26.1 Å². The number of carbonyl (C=O) groups is 6. The van der Waals surface area contributed by atoms with Gasteiger partial charge < -0.3 is 58.9 Å². The van der Waals surface area contributed by atoms with Crippen molar-refractivity contribution in [1.82, 2.24) is 25.8 Å². The van der Waals surface area contributed by atoms with E-state index in [9.17, 15) is 33.9 Å². The van der Waals surface area contributed by atoms with Gasteiger partial charge in [0.25, 0.3) is 0 Å². The van der Waals surface area contributed by atoms with Crippen LogP contribution in [0.2, 0.25) is 0 Å². The number of carboxylic acid groups (broad SMARTS) is 1. The number of unbranched alkanes of at least 4 members (excludes halogenated alkanes) is 1. The Labute approximate surface area is 255 Å². The third-order valence-corrected chi connectivity index (χ3v) is 7.44. The molecule has 0 aromatic rings. The van der Waals surface area contributed by atoms with Crippen molar-refractivity contribution in [3.8, 4) is 0 Å². The number of aliphatic imine (C=N–C) groups is 1. The first kappa shape index (κ1) is 36.2. The number of rotatable bonds is 17. The number of nitrogens with one attached hydrogen (secondary N) is 3. The number of aliphatic hydroxyl groups is 1. The van der Waals surface area contributed by atoms with E-state index in [0.29, 0.717) is 32.2 Å². The Hall–Kier alpha value is -4.03. The van der Waals surface area contributed by atoms with E-state index >= 15 is 0 Å². The van der Waals surface area contributed by atoms with Crippen LogP contribution in [0.25, 0.3) is 0 Å². The second-order valence-electron chi connectivity index (χ2n) is 10.8. The predicted octanol–water partition coefficient (Wildman–Crippen LogP) is -4.75. The molecular weight excluding hydrogens is 580 g/mol. The van der Waals surface area contributed by atoms with E-state index in [4.69, 9.17) is 28.0 Å². The van der Waals surface area contributed by atoms with Crippen LogP contribution in [-0.2, 0) is 28.8 Å². The van der Waals surface area contributed by atoms with E-state index in [0.717, 1.165) is 0 Å².